The van der Waals surface area contributed by atoms with Crippen molar-refractivity contribution in [3.05, 3.63) is 0 Å². The number of carbonyl (C=O) groups is 1. The zero-order valence-electron chi connectivity index (χ0n) is 10.8. The zero-order chi connectivity index (χ0) is 12.9. The fourth-order valence-electron chi connectivity index (χ4n) is 2.01. The lowest BCUT2D eigenvalue weighted by Crippen LogP contribution is -2.46. The molecule has 0 spiro atoms. The van der Waals surface area contributed by atoms with Crippen molar-refractivity contribution >= 4 is 5.97 Å². The van der Waals surface area contributed by atoms with Crippen molar-refractivity contribution in [2.45, 2.75) is 44.8 Å². The number of hydrogen-bond donors (Lipinski definition) is 2. The molecule has 0 aromatic rings. The number of ether oxygens (including phenoxy) is 1. The standard InChI is InChI=1S/C12H24N2O3/c1-3-10-9-14(7-8-17-10)6-4-5-12(2,13)11(15)16/h10H,3-9,13H2,1-2H3,(H,15,16). The maximum Gasteiger partial charge on any atom is 0.323 e. The van der Waals surface area contributed by atoms with E-state index in [1.165, 1.54) is 0 Å². The Kier molecular flexibility index (Phi) is 5.36. The first-order chi connectivity index (χ1) is 7.95. The van der Waals surface area contributed by atoms with E-state index in [0.717, 1.165) is 39.1 Å². The van der Waals surface area contributed by atoms with E-state index in [-0.39, 0.29) is 0 Å². The molecule has 1 saturated heterocycles. The molecule has 0 aliphatic carbocycles. The van der Waals surface area contributed by atoms with Crippen LogP contribution in [0.25, 0.3) is 0 Å². The number of nitrogens with two attached hydrogens (primary N) is 1. The van der Waals surface area contributed by atoms with Crippen LogP contribution in [0.1, 0.15) is 33.1 Å². The highest BCUT2D eigenvalue weighted by Crippen LogP contribution is 2.12. The van der Waals surface area contributed by atoms with Crippen molar-refractivity contribution in [3.63, 3.8) is 0 Å². The molecule has 1 aliphatic heterocycles. The molecule has 1 fully saturated rings. The molecule has 3 N–H and O–H groups in total. The van der Waals surface area contributed by atoms with E-state index in [1.54, 1.807) is 6.92 Å². The number of carboxylic acids is 1. The smallest absolute Gasteiger partial charge is 0.323 e. The molecule has 1 aliphatic rings. The number of carboxylic acid groups (broad SMARTS) is 1. The lowest BCUT2D eigenvalue weighted by atomic mass is 9.97. The van der Waals surface area contributed by atoms with E-state index >= 15 is 0 Å². The summed E-state index contributed by atoms with van der Waals surface area (Å²) in [6.45, 7) is 7.26. The molecule has 1 rings (SSSR count). The van der Waals surface area contributed by atoms with Gasteiger partial charge in [0.25, 0.3) is 0 Å². The van der Waals surface area contributed by atoms with Crippen molar-refractivity contribution < 1.29 is 14.6 Å². The Morgan fingerprint density at radius 2 is 2.35 bits per heavy atom. The van der Waals surface area contributed by atoms with Gasteiger partial charge in [0.1, 0.15) is 5.54 Å². The van der Waals surface area contributed by atoms with Crippen LogP contribution in [0.5, 0.6) is 0 Å². The molecule has 0 aromatic heterocycles. The summed E-state index contributed by atoms with van der Waals surface area (Å²) in [6, 6.07) is 0. The molecule has 0 amide bonds. The van der Waals surface area contributed by atoms with Gasteiger partial charge in [-0.3, -0.25) is 9.69 Å². The Morgan fingerprint density at radius 3 is 2.94 bits per heavy atom. The summed E-state index contributed by atoms with van der Waals surface area (Å²) >= 11 is 0. The molecule has 2 atom stereocenters. The summed E-state index contributed by atoms with van der Waals surface area (Å²) in [4.78, 5) is 13.2. The first-order valence-electron chi connectivity index (χ1n) is 6.32. The molecule has 0 radical (unpaired) electrons. The van der Waals surface area contributed by atoms with Gasteiger partial charge in [-0.15, -0.1) is 0 Å². The Balaban J connectivity index is 2.24. The molecule has 1 heterocycles. The van der Waals surface area contributed by atoms with Crippen LogP contribution in [0.2, 0.25) is 0 Å². The fraction of sp³-hybridized carbons (Fsp3) is 0.917. The van der Waals surface area contributed by atoms with E-state index in [2.05, 4.69) is 11.8 Å². The first kappa shape index (κ1) is 14.4. The highest BCUT2D eigenvalue weighted by molar-refractivity contribution is 5.77. The second-order valence-corrected chi connectivity index (χ2v) is 5.03. The number of morpholine rings is 1. The minimum absolute atomic E-state index is 0.326. The predicted molar refractivity (Wildman–Crippen MR) is 65.9 cm³/mol. The van der Waals surface area contributed by atoms with Gasteiger partial charge >= 0.3 is 5.97 Å². The normalized spacial score (nSPS) is 25.5. The van der Waals surface area contributed by atoms with Gasteiger partial charge in [0, 0.05) is 13.1 Å². The van der Waals surface area contributed by atoms with E-state index in [1.807, 2.05) is 0 Å². The minimum atomic E-state index is -1.10. The van der Waals surface area contributed by atoms with Crippen LogP contribution in [0.3, 0.4) is 0 Å². The third-order valence-corrected chi connectivity index (χ3v) is 3.34. The highest BCUT2D eigenvalue weighted by atomic mass is 16.5. The minimum Gasteiger partial charge on any atom is -0.480 e. The SMILES string of the molecule is CCC1CN(CCCC(C)(N)C(=O)O)CCO1. The van der Waals surface area contributed by atoms with Crippen molar-refractivity contribution in [3.8, 4) is 0 Å². The summed E-state index contributed by atoms with van der Waals surface area (Å²) in [6.07, 6.45) is 2.68. The number of aliphatic carboxylic acids is 1. The van der Waals surface area contributed by atoms with Crippen molar-refractivity contribution in [1.29, 1.82) is 0 Å². The van der Waals surface area contributed by atoms with Crippen LogP contribution in [0, 0.1) is 0 Å². The van der Waals surface area contributed by atoms with Crippen LogP contribution in [0.15, 0.2) is 0 Å². The highest BCUT2D eigenvalue weighted by Gasteiger charge is 2.27. The van der Waals surface area contributed by atoms with Gasteiger partial charge in [0.05, 0.1) is 12.7 Å². The third-order valence-electron chi connectivity index (χ3n) is 3.34. The number of nitrogens with zero attached hydrogens (tertiary/aromatic N) is 1. The van der Waals surface area contributed by atoms with E-state index in [0.29, 0.717) is 12.5 Å². The summed E-state index contributed by atoms with van der Waals surface area (Å²) in [7, 11) is 0. The molecule has 0 saturated carbocycles. The number of rotatable bonds is 6. The molecule has 5 nitrogen and oxygen atoms in total. The van der Waals surface area contributed by atoms with Gasteiger partial charge in [-0.05, 0) is 32.7 Å². The monoisotopic (exact) mass is 244 g/mol. The molecule has 17 heavy (non-hydrogen) atoms. The molecule has 2 unspecified atom stereocenters. The van der Waals surface area contributed by atoms with Crippen LogP contribution in [-0.4, -0.2) is 53.9 Å². The topological polar surface area (TPSA) is 75.8 Å². The second kappa shape index (κ2) is 6.33. The quantitative estimate of drug-likeness (QED) is 0.718. The zero-order valence-corrected chi connectivity index (χ0v) is 10.8. The first-order valence-corrected chi connectivity index (χ1v) is 6.32. The van der Waals surface area contributed by atoms with Gasteiger partial charge in [-0.2, -0.15) is 0 Å². The average Bonchev–Trinajstić information content (AvgIpc) is 2.29. The summed E-state index contributed by atoms with van der Waals surface area (Å²) in [5, 5.41) is 8.90. The Labute approximate surface area is 103 Å². The van der Waals surface area contributed by atoms with Crippen molar-refractivity contribution in [2.24, 2.45) is 5.73 Å². The molecular weight excluding hydrogens is 220 g/mol. The summed E-state index contributed by atoms with van der Waals surface area (Å²) in [5.74, 6) is -0.925. The maximum absolute atomic E-state index is 10.8. The third kappa shape index (κ3) is 4.61. The molecular formula is C12H24N2O3. The van der Waals surface area contributed by atoms with Crippen LogP contribution in [0.4, 0.5) is 0 Å². The number of hydrogen-bond acceptors (Lipinski definition) is 4. The van der Waals surface area contributed by atoms with Gasteiger partial charge in [0.2, 0.25) is 0 Å². The molecule has 0 bridgehead atoms. The summed E-state index contributed by atoms with van der Waals surface area (Å²) < 4.78 is 5.58. The van der Waals surface area contributed by atoms with Crippen molar-refractivity contribution in [1.82, 2.24) is 4.90 Å². The predicted octanol–water partition coefficient (Wildman–Crippen LogP) is 0.679. The Hall–Kier alpha value is -0.650. The van der Waals surface area contributed by atoms with Gasteiger partial charge in [-0.25, -0.2) is 0 Å². The molecule has 0 aromatic carbocycles. The van der Waals surface area contributed by atoms with E-state index in [9.17, 15) is 4.79 Å². The van der Waals surface area contributed by atoms with Gasteiger partial charge in [-0.1, -0.05) is 6.92 Å². The van der Waals surface area contributed by atoms with Gasteiger partial charge in [0.15, 0.2) is 0 Å². The Morgan fingerprint density at radius 1 is 1.65 bits per heavy atom. The lowest BCUT2D eigenvalue weighted by molar-refractivity contribution is -0.143. The molecule has 5 heteroatoms. The van der Waals surface area contributed by atoms with Crippen LogP contribution < -0.4 is 5.73 Å². The lowest BCUT2D eigenvalue weighted by Gasteiger charge is -2.33. The van der Waals surface area contributed by atoms with E-state index in [4.69, 9.17) is 15.6 Å². The second-order valence-electron chi connectivity index (χ2n) is 5.03. The van der Waals surface area contributed by atoms with Gasteiger partial charge < -0.3 is 15.6 Å². The maximum atomic E-state index is 10.8. The van der Waals surface area contributed by atoms with Crippen molar-refractivity contribution in [2.75, 3.05) is 26.2 Å². The van der Waals surface area contributed by atoms with E-state index < -0.39 is 11.5 Å². The largest absolute Gasteiger partial charge is 0.480 e. The van der Waals surface area contributed by atoms with Crippen LogP contribution in [-0.2, 0) is 9.53 Å². The average molecular weight is 244 g/mol. The fourth-order valence-corrected chi connectivity index (χ4v) is 2.01. The van der Waals surface area contributed by atoms with Crippen LogP contribution >= 0.6 is 0 Å². The Bertz CT molecular complexity index is 256. The summed E-state index contributed by atoms with van der Waals surface area (Å²) in [5.41, 5.74) is 4.59. The molecule has 100 valence electrons.